The van der Waals surface area contributed by atoms with Crippen molar-refractivity contribution in [2.75, 3.05) is 26.2 Å². The van der Waals surface area contributed by atoms with Crippen LogP contribution in [0.1, 0.15) is 25.7 Å². The maximum absolute atomic E-state index is 12.7. The third-order valence-corrected chi connectivity index (χ3v) is 6.82. The average Bonchev–Trinajstić information content (AvgIpc) is 2.56. The van der Waals surface area contributed by atoms with Crippen LogP contribution in [0.3, 0.4) is 0 Å². The van der Waals surface area contributed by atoms with Gasteiger partial charge in [-0.15, -0.1) is 0 Å². The lowest BCUT2D eigenvalue weighted by molar-refractivity contribution is -0.968. The van der Waals surface area contributed by atoms with Crippen LogP contribution >= 0.6 is 11.6 Å². The first-order valence-electron chi connectivity index (χ1n) is 8.50. The molecule has 4 N–H and O–H groups in total. The molecule has 1 aliphatic heterocycles. The lowest BCUT2D eigenvalue weighted by Gasteiger charge is -2.38. The maximum Gasteiger partial charge on any atom is 0.241 e. The SMILES string of the molecule is O=S(=O)(N[C@@H]1CCCC[C@H]1[NH+]1CC[NH2+]CC1)c1ccc(Cl)cc1. The predicted octanol–water partition coefficient (Wildman–Crippen LogP) is -0.609. The first-order chi connectivity index (χ1) is 11.1. The summed E-state index contributed by atoms with van der Waals surface area (Å²) in [6.07, 6.45) is 4.36. The number of piperazine rings is 1. The quantitative estimate of drug-likeness (QED) is 0.671. The molecule has 1 saturated heterocycles. The molecule has 5 nitrogen and oxygen atoms in total. The van der Waals surface area contributed by atoms with Gasteiger partial charge in [0, 0.05) is 11.4 Å². The topological polar surface area (TPSA) is 67.2 Å². The van der Waals surface area contributed by atoms with E-state index in [2.05, 4.69) is 10.0 Å². The summed E-state index contributed by atoms with van der Waals surface area (Å²) in [7, 11) is -3.48. The maximum atomic E-state index is 12.7. The van der Waals surface area contributed by atoms with Crippen molar-refractivity contribution in [2.24, 2.45) is 0 Å². The molecule has 0 radical (unpaired) electrons. The fourth-order valence-corrected chi connectivity index (χ4v) is 5.29. The van der Waals surface area contributed by atoms with Crippen LogP contribution in [0, 0.1) is 0 Å². The second-order valence-electron chi connectivity index (χ2n) is 6.60. The lowest BCUT2D eigenvalue weighted by atomic mass is 9.89. The predicted molar refractivity (Wildman–Crippen MR) is 90.2 cm³/mol. The highest BCUT2D eigenvalue weighted by atomic mass is 35.5. The van der Waals surface area contributed by atoms with Crippen LogP contribution in [0.5, 0.6) is 0 Å². The van der Waals surface area contributed by atoms with E-state index in [1.165, 1.54) is 6.42 Å². The third kappa shape index (κ3) is 4.25. The van der Waals surface area contributed by atoms with Crippen molar-refractivity contribution in [1.82, 2.24) is 4.72 Å². The van der Waals surface area contributed by atoms with Crippen LogP contribution in [-0.2, 0) is 10.0 Å². The summed E-state index contributed by atoms with van der Waals surface area (Å²) >= 11 is 5.86. The summed E-state index contributed by atoms with van der Waals surface area (Å²) in [4.78, 5) is 1.87. The molecule has 1 saturated carbocycles. The molecule has 1 aliphatic carbocycles. The summed E-state index contributed by atoms with van der Waals surface area (Å²) in [5.74, 6) is 0. The molecule has 2 atom stereocenters. The highest BCUT2D eigenvalue weighted by Gasteiger charge is 2.37. The van der Waals surface area contributed by atoms with Gasteiger partial charge < -0.3 is 10.2 Å². The van der Waals surface area contributed by atoms with E-state index in [1.807, 2.05) is 0 Å². The minimum Gasteiger partial charge on any atom is -0.337 e. The molecule has 0 bridgehead atoms. The Bertz CT molecular complexity index is 615. The highest BCUT2D eigenvalue weighted by Crippen LogP contribution is 2.20. The molecule has 0 amide bonds. The molecular weight excluding hydrogens is 334 g/mol. The van der Waals surface area contributed by atoms with E-state index >= 15 is 0 Å². The van der Waals surface area contributed by atoms with Gasteiger partial charge in [-0.2, -0.15) is 0 Å². The van der Waals surface area contributed by atoms with Gasteiger partial charge >= 0.3 is 0 Å². The van der Waals surface area contributed by atoms with E-state index in [0.717, 1.165) is 45.4 Å². The number of rotatable bonds is 4. The van der Waals surface area contributed by atoms with Crippen molar-refractivity contribution in [3.8, 4) is 0 Å². The van der Waals surface area contributed by atoms with Crippen LogP contribution in [0.2, 0.25) is 5.02 Å². The van der Waals surface area contributed by atoms with Gasteiger partial charge in [0.25, 0.3) is 0 Å². The number of benzene rings is 1. The molecule has 1 aromatic rings. The fourth-order valence-electron chi connectivity index (χ4n) is 3.86. The van der Waals surface area contributed by atoms with Crippen LogP contribution in [0.4, 0.5) is 0 Å². The molecule has 0 spiro atoms. The van der Waals surface area contributed by atoms with E-state index in [1.54, 1.807) is 29.2 Å². The zero-order valence-corrected chi connectivity index (χ0v) is 14.9. The normalized spacial score (nSPS) is 27.0. The number of sulfonamides is 1. The number of quaternary nitrogens is 2. The minimum absolute atomic E-state index is 0.0394. The standard InChI is InChI=1S/C16H24ClN3O2S/c17-13-5-7-14(8-6-13)23(21,22)19-15-3-1-2-4-16(15)20-11-9-18-10-12-20/h5-8,15-16,18-19H,1-4,9-12H2/p+2/t15-,16-/m1/s1. The molecule has 23 heavy (non-hydrogen) atoms. The molecule has 0 aromatic heterocycles. The van der Waals surface area contributed by atoms with E-state index in [0.29, 0.717) is 16.0 Å². The average molecular weight is 360 g/mol. The molecule has 7 heteroatoms. The Hall–Kier alpha value is -0.660. The first kappa shape index (κ1) is 17.2. The van der Waals surface area contributed by atoms with E-state index < -0.39 is 10.0 Å². The van der Waals surface area contributed by atoms with Crippen molar-refractivity contribution in [3.05, 3.63) is 29.3 Å². The van der Waals surface area contributed by atoms with E-state index in [-0.39, 0.29) is 6.04 Å². The summed E-state index contributed by atoms with van der Waals surface area (Å²) in [5.41, 5.74) is 0. The largest absolute Gasteiger partial charge is 0.337 e. The number of nitrogens with two attached hydrogens (primary N) is 1. The smallest absolute Gasteiger partial charge is 0.241 e. The Labute approximate surface area is 143 Å². The van der Waals surface area contributed by atoms with Crippen LogP contribution in [-0.4, -0.2) is 46.7 Å². The summed E-state index contributed by atoms with van der Waals surface area (Å²) in [6, 6.07) is 6.84. The second-order valence-corrected chi connectivity index (χ2v) is 8.75. The molecule has 1 heterocycles. The number of halogens is 1. The van der Waals surface area contributed by atoms with Crippen molar-refractivity contribution >= 4 is 21.6 Å². The second kappa shape index (κ2) is 7.49. The zero-order chi connectivity index (χ0) is 16.3. The summed E-state index contributed by atoms with van der Waals surface area (Å²) in [6.45, 7) is 4.54. The van der Waals surface area contributed by atoms with Gasteiger partial charge in [0.1, 0.15) is 32.2 Å². The van der Waals surface area contributed by atoms with E-state index in [4.69, 9.17) is 11.6 Å². The van der Waals surface area contributed by atoms with Gasteiger partial charge in [-0.3, -0.25) is 0 Å². The Morgan fingerprint density at radius 3 is 2.43 bits per heavy atom. The van der Waals surface area contributed by atoms with E-state index in [9.17, 15) is 8.42 Å². The molecule has 128 valence electrons. The lowest BCUT2D eigenvalue weighted by Crippen LogP contribution is -3.24. The van der Waals surface area contributed by atoms with Gasteiger partial charge in [-0.05, 0) is 37.1 Å². The van der Waals surface area contributed by atoms with Crippen molar-refractivity contribution in [3.63, 3.8) is 0 Å². The Morgan fingerprint density at radius 1 is 1.09 bits per heavy atom. The van der Waals surface area contributed by atoms with Gasteiger partial charge in [-0.1, -0.05) is 18.0 Å². The van der Waals surface area contributed by atoms with Gasteiger partial charge in [-0.25, -0.2) is 13.1 Å². The van der Waals surface area contributed by atoms with Crippen LogP contribution < -0.4 is 14.9 Å². The van der Waals surface area contributed by atoms with Gasteiger partial charge in [0.05, 0.1) is 10.9 Å². The Kier molecular flexibility index (Phi) is 5.59. The molecule has 3 rings (SSSR count). The molecule has 1 aromatic carbocycles. The zero-order valence-electron chi connectivity index (χ0n) is 13.3. The summed E-state index contributed by atoms with van der Waals surface area (Å²) < 4.78 is 28.3. The summed E-state index contributed by atoms with van der Waals surface area (Å²) in [5, 5.41) is 2.90. The third-order valence-electron chi connectivity index (χ3n) is 5.06. The number of hydrogen-bond acceptors (Lipinski definition) is 2. The van der Waals surface area contributed by atoms with Crippen LogP contribution in [0.15, 0.2) is 29.2 Å². The molecular formula is C16H26ClN3O2S+2. The Balaban J connectivity index is 1.74. The Morgan fingerprint density at radius 2 is 1.74 bits per heavy atom. The van der Waals surface area contributed by atoms with Crippen molar-refractivity contribution in [1.29, 1.82) is 0 Å². The van der Waals surface area contributed by atoms with Crippen LogP contribution in [0.25, 0.3) is 0 Å². The van der Waals surface area contributed by atoms with Gasteiger partial charge in [0.15, 0.2) is 0 Å². The van der Waals surface area contributed by atoms with Crippen molar-refractivity contribution < 1.29 is 18.6 Å². The van der Waals surface area contributed by atoms with Crippen molar-refractivity contribution in [2.45, 2.75) is 42.7 Å². The van der Waals surface area contributed by atoms with Gasteiger partial charge in [0.2, 0.25) is 10.0 Å². The molecule has 0 unspecified atom stereocenters. The first-order valence-corrected chi connectivity index (χ1v) is 10.4. The fraction of sp³-hybridized carbons (Fsp3) is 0.625. The minimum atomic E-state index is -3.48. The number of nitrogens with one attached hydrogen (secondary N) is 2. The molecule has 2 fully saturated rings. The highest BCUT2D eigenvalue weighted by molar-refractivity contribution is 7.89. The number of hydrogen-bond donors (Lipinski definition) is 3. The monoisotopic (exact) mass is 359 g/mol. The molecule has 2 aliphatic rings.